The molecule has 0 aliphatic heterocycles. The van der Waals surface area contributed by atoms with Gasteiger partial charge < -0.3 is 4.57 Å². The molecule has 1 N–H and O–H groups in total. The highest BCUT2D eigenvalue weighted by atomic mass is 32.2. The second kappa shape index (κ2) is 7.60. The molecule has 0 bridgehead atoms. The number of fused-ring (bicyclic) bond motifs is 1. The molecule has 3 rings (SSSR count). The largest absolute Gasteiger partial charge is 0.332 e. The van der Waals surface area contributed by atoms with E-state index in [1.54, 1.807) is 12.3 Å². The van der Waals surface area contributed by atoms with Crippen molar-refractivity contribution in [2.75, 3.05) is 6.54 Å². The molecule has 2 aromatic heterocycles. The summed E-state index contributed by atoms with van der Waals surface area (Å²) in [4.78, 5) is 4.82. The van der Waals surface area contributed by atoms with Crippen molar-refractivity contribution in [2.45, 2.75) is 45.1 Å². The lowest BCUT2D eigenvalue weighted by molar-refractivity contribution is 0.581. The number of hydrogen-bond acceptors (Lipinski definition) is 3. The van der Waals surface area contributed by atoms with Crippen LogP contribution in [0.4, 0.5) is 0 Å². The zero-order chi connectivity index (χ0) is 18.7. The lowest BCUT2D eigenvalue weighted by Gasteiger charge is -2.10. The summed E-state index contributed by atoms with van der Waals surface area (Å²) in [5.74, 6) is 0. The maximum absolute atomic E-state index is 12.6. The minimum absolute atomic E-state index is 0.354. The first kappa shape index (κ1) is 18.6. The minimum atomic E-state index is -3.51. The van der Waals surface area contributed by atoms with E-state index in [0.29, 0.717) is 17.9 Å². The number of sulfonamides is 1. The number of aryl methyl sites for hydroxylation is 3. The van der Waals surface area contributed by atoms with Gasteiger partial charge >= 0.3 is 0 Å². The zero-order valence-corrected chi connectivity index (χ0v) is 16.3. The summed E-state index contributed by atoms with van der Waals surface area (Å²) in [5, 5.41) is 1.09. The van der Waals surface area contributed by atoms with Crippen LogP contribution in [0, 0.1) is 13.8 Å². The molecule has 0 amide bonds. The van der Waals surface area contributed by atoms with E-state index in [9.17, 15) is 8.42 Å². The van der Waals surface area contributed by atoms with Gasteiger partial charge in [-0.25, -0.2) is 18.1 Å². The number of aromatic nitrogens is 2. The standard InChI is InChI=1S/C20H25N3O2S/c1-4-12-23-14-17(18-6-5-10-21-20(18)23)9-11-22-26(24,25)19-13-15(2)7-8-16(19)3/h5-8,10,13-14,22H,4,9,11-12H2,1-3H3. The third-order valence-electron chi connectivity index (χ3n) is 4.50. The highest BCUT2D eigenvalue weighted by Gasteiger charge is 2.17. The first-order chi connectivity index (χ1) is 12.4. The van der Waals surface area contributed by atoms with Gasteiger partial charge in [0.25, 0.3) is 0 Å². The van der Waals surface area contributed by atoms with Crippen LogP contribution in [0.25, 0.3) is 11.0 Å². The van der Waals surface area contributed by atoms with Crippen molar-refractivity contribution in [3.63, 3.8) is 0 Å². The van der Waals surface area contributed by atoms with E-state index in [1.165, 1.54) is 0 Å². The molecule has 0 atom stereocenters. The van der Waals surface area contributed by atoms with Crippen molar-refractivity contribution in [1.82, 2.24) is 14.3 Å². The van der Waals surface area contributed by atoms with Gasteiger partial charge in [-0.3, -0.25) is 0 Å². The summed E-state index contributed by atoms with van der Waals surface area (Å²) in [6, 6.07) is 9.44. The van der Waals surface area contributed by atoms with Gasteiger partial charge in [-0.15, -0.1) is 0 Å². The molecule has 0 radical (unpaired) electrons. The molecule has 26 heavy (non-hydrogen) atoms. The minimum Gasteiger partial charge on any atom is -0.332 e. The van der Waals surface area contributed by atoms with Crippen LogP contribution in [0.15, 0.2) is 47.6 Å². The summed E-state index contributed by atoms with van der Waals surface area (Å²) in [5.41, 5.74) is 3.77. The topological polar surface area (TPSA) is 64.0 Å². The third-order valence-corrected chi connectivity index (χ3v) is 6.10. The Labute approximate surface area is 155 Å². The van der Waals surface area contributed by atoms with Crippen LogP contribution < -0.4 is 4.72 Å². The fourth-order valence-electron chi connectivity index (χ4n) is 3.20. The Morgan fingerprint density at radius 3 is 2.77 bits per heavy atom. The van der Waals surface area contributed by atoms with Gasteiger partial charge in [-0.2, -0.15) is 0 Å². The molecule has 0 fully saturated rings. The number of nitrogens with one attached hydrogen (secondary N) is 1. The van der Waals surface area contributed by atoms with E-state index in [1.807, 2.05) is 38.1 Å². The van der Waals surface area contributed by atoms with E-state index in [4.69, 9.17) is 0 Å². The van der Waals surface area contributed by atoms with Crippen LogP contribution in [0.5, 0.6) is 0 Å². The van der Waals surface area contributed by atoms with E-state index in [2.05, 4.69) is 27.4 Å². The Morgan fingerprint density at radius 1 is 1.19 bits per heavy atom. The molecular weight excluding hydrogens is 346 g/mol. The van der Waals surface area contributed by atoms with E-state index < -0.39 is 10.0 Å². The van der Waals surface area contributed by atoms with Gasteiger partial charge in [0, 0.05) is 30.9 Å². The summed E-state index contributed by atoms with van der Waals surface area (Å²) in [6.07, 6.45) is 5.54. The van der Waals surface area contributed by atoms with E-state index >= 15 is 0 Å². The first-order valence-electron chi connectivity index (χ1n) is 8.92. The average Bonchev–Trinajstić information content (AvgIpc) is 2.95. The Balaban J connectivity index is 1.77. The summed E-state index contributed by atoms with van der Waals surface area (Å²) >= 11 is 0. The summed E-state index contributed by atoms with van der Waals surface area (Å²) < 4.78 is 30.2. The van der Waals surface area contributed by atoms with Crippen LogP contribution in [0.1, 0.15) is 30.0 Å². The smallest absolute Gasteiger partial charge is 0.240 e. The number of rotatable bonds is 7. The number of nitrogens with zero attached hydrogens (tertiary/aromatic N) is 2. The van der Waals surface area contributed by atoms with Gasteiger partial charge in [0.15, 0.2) is 0 Å². The number of pyridine rings is 1. The van der Waals surface area contributed by atoms with E-state index in [-0.39, 0.29) is 0 Å². The molecule has 0 aliphatic carbocycles. The molecule has 0 saturated heterocycles. The van der Waals surface area contributed by atoms with Crippen molar-refractivity contribution in [3.05, 3.63) is 59.4 Å². The molecule has 0 spiro atoms. The molecule has 3 aromatic rings. The maximum atomic E-state index is 12.6. The normalized spacial score (nSPS) is 12.0. The predicted molar refractivity (Wildman–Crippen MR) is 105 cm³/mol. The Bertz CT molecular complexity index is 1020. The molecule has 1 aromatic carbocycles. The zero-order valence-electron chi connectivity index (χ0n) is 15.5. The maximum Gasteiger partial charge on any atom is 0.240 e. The Kier molecular flexibility index (Phi) is 5.44. The lowest BCUT2D eigenvalue weighted by Crippen LogP contribution is -2.26. The molecule has 5 nitrogen and oxygen atoms in total. The number of hydrogen-bond donors (Lipinski definition) is 1. The van der Waals surface area contributed by atoms with Crippen LogP contribution in [-0.2, 0) is 23.0 Å². The van der Waals surface area contributed by atoms with Crippen LogP contribution in [0.2, 0.25) is 0 Å². The van der Waals surface area contributed by atoms with Crippen LogP contribution >= 0.6 is 0 Å². The van der Waals surface area contributed by atoms with Crippen molar-refractivity contribution < 1.29 is 8.42 Å². The highest BCUT2D eigenvalue weighted by molar-refractivity contribution is 7.89. The SMILES string of the molecule is CCCn1cc(CCNS(=O)(=O)c2cc(C)ccc2C)c2cccnc21. The third kappa shape index (κ3) is 3.81. The monoisotopic (exact) mass is 371 g/mol. The Hall–Kier alpha value is -2.18. The molecule has 2 heterocycles. The molecular formula is C20H25N3O2S. The fraction of sp³-hybridized carbons (Fsp3) is 0.350. The van der Waals surface area contributed by atoms with Crippen LogP contribution in [-0.4, -0.2) is 24.5 Å². The van der Waals surface area contributed by atoms with Crippen molar-refractivity contribution in [2.24, 2.45) is 0 Å². The second-order valence-corrected chi connectivity index (χ2v) is 8.37. The van der Waals surface area contributed by atoms with Gasteiger partial charge in [0.2, 0.25) is 10.0 Å². The molecule has 0 saturated carbocycles. The van der Waals surface area contributed by atoms with Crippen molar-refractivity contribution in [1.29, 1.82) is 0 Å². The summed E-state index contributed by atoms with van der Waals surface area (Å²) in [6.45, 7) is 7.11. The second-order valence-electron chi connectivity index (χ2n) is 6.64. The highest BCUT2D eigenvalue weighted by Crippen LogP contribution is 2.21. The van der Waals surface area contributed by atoms with Crippen LogP contribution in [0.3, 0.4) is 0 Å². The average molecular weight is 372 g/mol. The lowest BCUT2D eigenvalue weighted by atomic mass is 10.2. The van der Waals surface area contributed by atoms with Gasteiger partial charge in [0.05, 0.1) is 4.90 Å². The van der Waals surface area contributed by atoms with Crippen molar-refractivity contribution in [3.8, 4) is 0 Å². The first-order valence-corrected chi connectivity index (χ1v) is 10.4. The Morgan fingerprint density at radius 2 is 2.00 bits per heavy atom. The fourth-order valence-corrected chi connectivity index (χ4v) is 4.56. The molecule has 0 unspecified atom stereocenters. The quantitative estimate of drug-likeness (QED) is 0.690. The van der Waals surface area contributed by atoms with Crippen molar-refractivity contribution >= 4 is 21.1 Å². The molecule has 6 heteroatoms. The van der Waals surface area contributed by atoms with Gasteiger partial charge in [-0.1, -0.05) is 19.1 Å². The van der Waals surface area contributed by atoms with E-state index in [0.717, 1.165) is 40.7 Å². The molecule has 138 valence electrons. The molecule has 0 aliphatic rings. The van der Waals surface area contributed by atoms with Gasteiger partial charge in [0.1, 0.15) is 5.65 Å². The van der Waals surface area contributed by atoms with Gasteiger partial charge in [-0.05, 0) is 61.6 Å². The predicted octanol–water partition coefficient (Wildman–Crippen LogP) is 3.58. The number of benzene rings is 1. The summed E-state index contributed by atoms with van der Waals surface area (Å²) in [7, 11) is -3.51.